The Hall–Kier alpha value is -0.770. The molecule has 0 aliphatic carbocycles. The molecule has 0 aromatic heterocycles. The van der Waals surface area contributed by atoms with Crippen LogP contribution in [0.2, 0.25) is 0 Å². The van der Waals surface area contributed by atoms with E-state index in [4.69, 9.17) is 5.73 Å². The number of nitrogen functional groups attached to an aromatic ring is 1. The minimum atomic E-state index is -0.293. The van der Waals surface area contributed by atoms with Crippen LogP contribution in [-0.4, -0.2) is 13.1 Å². The van der Waals surface area contributed by atoms with E-state index < -0.39 is 0 Å². The van der Waals surface area contributed by atoms with Gasteiger partial charge in [0.1, 0.15) is 5.82 Å². The fourth-order valence-electron chi connectivity index (χ4n) is 2.31. The van der Waals surface area contributed by atoms with Crippen LogP contribution >= 0.6 is 15.9 Å². The molecule has 4 heteroatoms. The lowest BCUT2D eigenvalue weighted by molar-refractivity contribution is 0.556. The summed E-state index contributed by atoms with van der Waals surface area (Å²) in [4.78, 5) is 2.28. The molecule has 1 saturated heterocycles. The summed E-state index contributed by atoms with van der Waals surface area (Å²) >= 11 is 3.22. The molecule has 2 N–H and O–H groups in total. The number of hydrogen-bond acceptors (Lipinski definition) is 2. The van der Waals surface area contributed by atoms with Crippen LogP contribution in [0.15, 0.2) is 16.6 Å². The summed E-state index contributed by atoms with van der Waals surface area (Å²) in [5.74, 6) is -0.293. The second-order valence-electron chi connectivity index (χ2n) is 4.58. The van der Waals surface area contributed by atoms with E-state index in [0.29, 0.717) is 10.2 Å². The average molecular weight is 301 g/mol. The third-order valence-electron chi connectivity index (χ3n) is 3.27. The van der Waals surface area contributed by atoms with E-state index in [9.17, 15) is 4.39 Å². The Morgan fingerprint density at radius 2 is 1.65 bits per heavy atom. The summed E-state index contributed by atoms with van der Waals surface area (Å²) in [6, 6.07) is 3.20. The van der Waals surface area contributed by atoms with Gasteiger partial charge in [0.2, 0.25) is 0 Å². The lowest BCUT2D eigenvalue weighted by Gasteiger charge is -2.28. The second kappa shape index (κ2) is 5.71. The Balaban J connectivity index is 2.21. The molecule has 1 heterocycles. The van der Waals surface area contributed by atoms with Gasteiger partial charge in [-0.2, -0.15) is 0 Å². The van der Waals surface area contributed by atoms with Crippen molar-refractivity contribution in [3.63, 3.8) is 0 Å². The number of benzene rings is 1. The number of rotatable bonds is 1. The van der Waals surface area contributed by atoms with Gasteiger partial charge in [-0.05, 0) is 34.8 Å². The minimum Gasteiger partial charge on any atom is -0.397 e. The molecule has 1 fully saturated rings. The fourth-order valence-corrected chi connectivity index (χ4v) is 2.65. The summed E-state index contributed by atoms with van der Waals surface area (Å²) in [6.07, 6.45) is 6.26. The van der Waals surface area contributed by atoms with Gasteiger partial charge in [0.05, 0.1) is 15.8 Å². The molecule has 0 bridgehead atoms. The number of nitrogens with zero attached hydrogens (tertiary/aromatic N) is 1. The van der Waals surface area contributed by atoms with Gasteiger partial charge in [-0.15, -0.1) is 0 Å². The maximum atomic E-state index is 13.3. The highest BCUT2D eigenvalue weighted by Crippen LogP contribution is 2.30. The molecule has 17 heavy (non-hydrogen) atoms. The first-order chi connectivity index (χ1) is 8.18. The highest BCUT2D eigenvalue weighted by Gasteiger charge is 2.14. The summed E-state index contributed by atoms with van der Waals surface area (Å²) in [7, 11) is 0. The van der Waals surface area contributed by atoms with Gasteiger partial charge in [-0.25, -0.2) is 4.39 Å². The van der Waals surface area contributed by atoms with E-state index in [0.717, 1.165) is 18.8 Å². The molecule has 1 aliphatic heterocycles. The van der Waals surface area contributed by atoms with Crippen molar-refractivity contribution < 1.29 is 4.39 Å². The summed E-state index contributed by atoms with van der Waals surface area (Å²) in [6.45, 7) is 2.03. The quantitative estimate of drug-likeness (QED) is 0.796. The van der Waals surface area contributed by atoms with Crippen molar-refractivity contribution >= 4 is 27.3 Å². The molecule has 2 nitrogen and oxygen atoms in total. The van der Waals surface area contributed by atoms with Crippen LogP contribution < -0.4 is 10.6 Å². The minimum absolute atomic E-state index is 0.293. The molecular weight excluding hydrogens is 283 g/mol. The molecule has 0 unspecified atom stereocenters. The second-order valence-corrected chi connectivity index (χ2v) is 5.43. The maximum absolute atomic E-state index is 13.3. The van der Waals surface area contributed by atoms with Crippen LogP contribution in [0.4, 0.5) is 15.8 Å². The molecule has 0 amide bonds. The number of halogens is 2. The van der Waals surface area contributed by atoms with E-state index in [1.807, 2.05) is 0 Å². The summed E-state index contributed by atoms with van der Waals surface area (Å²) < 4.78 is 13.8. The molecule has 0 saturated carbocycles. The van der Waals surface area contributed by atoms with Crippen molar-refractivity contribution in [2.45, 2.75) is 32.1 Å². The lowest BCUT2D eigenvalue weighted by atomic mass is 10.1. The highest BCUT2D eigenvalue weighted by molar-refractivity contribution is 9.10. The molecule has 2 rings (SSSR count). The Kier molecular flexibility index (Phi) is 4.26. The van der Waals surface area contributed by atoms with E-state index in [2.05, 4.69) is 20.8 Å². The summed E-state index contributed by atoms with van der Waals surface area (Å²) in [5, 5.41) is 0. The van der Waals surface area contributed by atoms with Gasteiger partial charge in [0.15, 0.2) is 0 Å². The molecule has 1 aromatic carbocycles. The third kappa shape index (κ3) is 3.12. The molecule has 0 atom stereocenters. The van der Waals surface area contributed by atoms with Crippen LogP contribution in [0, 0.1) is 5.82 Å². The van der Waals surface area contributed by atoms with Crippen molar-refractivity contribution in [2.24, 2.45) is 0 Å². The van der Waals surface area contributed by atoms with E-state index >= 15 is 0 Å². The zero-order valence-corrected chi connectivity index (χ0v) is 11.5. The zero-order chi connectivity index (χ0) is 12.3. The van der Waals surface area contributed by atoms with Gasteiger partial charge in [0, 0.05) is 19.2 Å². The maximum Gasteiger partial charge on any atom is 0.139 e. The van der Waals surface area contributed by atoms with Crippen molar-refractivity contribution in [2.75, 3.05) is 23.7 Å². The Bertz CT molecular complexity index is 387. The highest BCUT2D eigenvalue weighted by atomic mass is 79.9. The summed E-state index contributed by atoms with van der Waals surface area (Å²) in [5.41, 5.74) is 7.40. The fraction of sp³-hybridized carbons (Fsp3) is 0.538. The molecule has 94 valence electrons. The third-order valence-corrected chi connectivity index (χ3v) is 3.87. The predicted octanol–water partition coefficient (Wildman–Crippen LogP) is 3.94. The molecule has 1 aliphatic rings. The van der Waals surface area contributed by atoms with E-state index in [1.54, 1.807) is 6.07 Å². The van der Waals surface area contributed by atoms with Crippen LogP contribution in [-0.2, 0) is 0 Å². The SMILES string of the molecule is Nc1cc(F)c(Br)cc1N1CCCCCCC1. The number of nitrogens with two attached hydrogens (primary N) is 1. The van der Waals surface area contributed by atoms with Crippen LogP contribution in [0.25, 0.3) is 0 Å². The zero-order valence-electron chi connectivity index (χ0n) is 9.88. The van der Waals surface area contributed by atoms with Gasteiger partial charge < -0.3 is 10.6 Å². The molecule has 0 spiro atoms. The van der Waals surface area contributed by atoms with Crippen molar-refractivity contribution in [3.05, 3.63) is 22.4 Å². The van der Waals surface area contributed by atoms with Crippen LogP contribution in [0.3, 0.4) is 0 Å². The van der Waals surface area contributed by atoms with Crippen LogP contribution in [0.1, 0.15) is 32.1 Å². The molecular formula is C13H18BrFN2. The van der Waals surface area contributed by atoms with E-state index in [-0.39, 0.29) is 5.82 Å². The van der Waals surface area contributed by atoms with E-state index in [1.165, 1.54) is 38.2 Å². The van der Waals surface area contributed by atoms with Gasteiger partial charge >= 0.3 is 0 Å². The van der Waals surface area contributed by atoms with Gasteiger partial charge in [-0.3, -0.25) is 0 Å². The lowest BCUT2D eigenvalue weighted by Crippen LogP contribution is -2.27. The van der Waals surface area contributed by atoms with Crippen molar-refractivity contribution in [1.82, 2.24) is 0 Å². The monoisotopic (exact) mass is 300 g/mol. The number of hydrogen-bond donors (Lipinski definition) is 1. The van der Waals surface area contributed by atoms with Crippen molar-refractivity contribution in [3.8, 4) is 0 Å². The Morgan fingerprint density at radius 3 is 2.29 bits per heavy atom. The molecule has 0 radical (unpaired) electrons. The average Bonchev–Trinajstić information content (AvgIpc) is 2.24. The van der Waals surface area contributed by atoms with Crippen LogP contribution in [0.5, 0.6) is 0 Å². The number of anilines is 2. The smallest absolute Gasteiger partial charge is 0.139 e. The topological polar surface area (TPSA) is 29.3 Å². The molecule has 1 aromatic rings. The first-order valence-corrected chi connectivity index (χ1v) is 6.97. The predicted molar refractivity (Wildman–Crippen MR) is 73.8 cm³/mol. The largest absolute Gasteiger partial charge is 0.397 e. The Morgan fingerprint density at radius 1 is 1.06 bits per heavy atom. The first kappa shape index (κ1) is 12.7. The normalized spacial score (nSPS) is 17.6. The van der Waals surface area contributed by atoms with Gasteiger partial charge in [0.25, 0.3) is 0 Å². The van der Waals surface area contributed by atoms with Crippen molar-refractivity contribution in [1.29, 1.82) is 0 Å². The standard InChI is InChI=1S/C13H18BrFN2/c14-10-8-13(12(16)9-11(10)15)17-6-4-2-1-3-5-7-17/h8-9H,1-7,16H2. The Labute approximate surface area is 110 Å². The first-order valence-electron chi connectivity index (χ1n) is 6.18. The van der Waals surface area contributed by atoms with Gasteiger partial charge in [-0.1, -0.05) is 19.3 Å².